The molecule has 0 aliphatic carbocycles. The van der Waals surface area contributed by atoms with Crippen molar-refractivity contribution in [2.24, 2.45) is 0 Å². The van der Waals surface area contributed by atoms with Gasteiger partial charge in [0.1, 0.15) is 6.54 Å². The summed E-state index contributed by atoms with van der Waals surface area (Å²) in [5, 5.41) is 11.0. The molecule has 0 bridgehead atoms. The molecule has 0 saturated carbocycles. The second-order valence-corrected chi connectivity index (χ2v) is 8.95. The van der Waals surface area contributed by atoms with E-state index in [9.17, 15) is 14.7 Å². The summed E-state index contributed by atoms with van der Waals surface area (Å²) in [6, 6.07) is 0. The summed E-state index contributed by atoms with van der Waals surface area (Å²) < 4.78 is 0. The molecule has 0 aromatic rings. The molecule has 30 heavy (non-hydrogen) atoms. The lowest BCUT2D eigenvalue weighted by molar-refractivity contribution is -0.149. The van der Waals surface area contributed by atoms with Crippen LogP contribution in [-0.4, -0.2) is 29.9 Å². The molecule has 0 unspecified atom stereocenters. The van der Waals surface area contributed by atoms with Crippen molar-refractivity contribution in [2.75, 3.05) is 13.1 Å². The molecule has 0 aromatic heterocycles. The van der Waals surface area contributed by atoms with Crippen molar-refractivity contribution in [3.8, 4) is 0 Å². The number of hydrogen-bond donors (Lipinski definition) is 0. The van der Waals surface area contributed by atoms with Gasteiger partial charge in [-0.1, -0.05) is 123 Å². The van der Waals surface area contributed by atoms with Gasteiger partial charge in [-0.05, 0) is 12.8 Å². The van der Waals surface area contributed by atoms with E-state index in [2.05, 4.69) is 13.8 Å². The van der Waals surface area contributed by atoms with Crippen LogP contribution in [-0.2, 0) is 14.7 Å². The molecule has 0 saturated heterocycles. The Labute approximate surface area is 187 Å². The van der Waals surface area contributed by atoms with Crippen molar-refractivity contribution in [2.45, 2.75) is 142 Å². The van der Waals surface area contributed by atoms with E-state index in [0.717, 1.165) is 25.7 Å². The minimum atomic E-state index is -1.15. The van der Waals surface area contributed by atoms with Gasteiger partial charge in [-0.2, -0.15) is 0 Å². The third-order valence-corrected chi connectivity index (χ3v) is 5.95. The largest absolute Gasteiger partial charge is 0.374 e. The van der Waals surface area contributed by atoms with Crippen molar-refractivity contribution in [3.05, 3.63) is 0 Å². The number of carbonyl (C=O) groups is 2. The first kappa shape index (κ1) is 28.9. The number of unbranched alkanes of at least 4 members (excludes halogenated alkanes) is 17. The Kier molecular flexibility index (Phi) is 21.8. The highest BCUT2D eigenvalue weighted by Gasteiger charge is 2.16. The van der Waals surface area contributed by atoms with Crippen LogP contribution in [0.3, 0.4) is 0 Å². The van der Waals surface area contributed by atoms with Gasteiger partial charge in [0.05, 0.1) is 0 Å². The number of amides is 1. The maximum absolute atomic E-state index is 12.4. The Hall–Kier alpha value is -1.06. The normalized spacial score (nSPS) is 11.0. The Morgan fingerprint density at radius 1 is 0.533 bits per heavy atom. The summed E-state index contributed by atoms with van der Waals surface area (Å²) >= 11 is 0. The Morgan fingerprint density at radius 2 is 0.900 bits per heavy atom. The summed E-state index contributed by atoms with van der Waals surface area (Å²) in [6.45, 7) is 4.77. The van der Waals surface area contributed by atoms with E-state index in [0.29, 0.717) is 13.0 Å². The SMILES string of the molecule is CCCCCCCCCCCCN(CC([O])=O)C(=O)CCCCCCCCCCC. The molecule has 4 nitrogen and oxygen atoms in total. The Morgan fingerprint density at radius 3 is 1.30 bits per heavy atom. The van der Waals surface area contributed by atoms with Crippen LogP contribution in [0.5, 0.6) is 0 Å². The predicted molar refractivity (Wildman–Crippen MR) is 126 cm³/mol. The van der Waals surface area contributed by atoms with Crippen LogP contribution in [0.15, 0.2) is 0 Å². The maximum Gasteiger partial charge on any atom is 0.374 e. The minimum Gasteiger partial charge on any atom is -0.331 e. The zero-order valence-corrected chi connectivity index (χ0v) is 20.2. The smallest absolute Gasteiger partial charge is 0.331 e. The zero-order chi connectivity index (χ0) is 22.3. The van der Waals surface area contributed by atoms with E-state index in [-0.39, 0.29) is 12.5 Å². The molecule has 0 spiro atoms. The molecule has 0 aliphatic heterocycles. The summed E-state index contributed by atoms with van der Waals surface area (Å²) in [6.07, 6.45) is 23.8. The molecule has 0 fully saturated rings. The molecule has 0 N–H and O–H groups in total. The highest BCUT2D eigenvalue weighted by atomic mass is 16.4. The van der Waals surface area contributed by atoms with Gasteiger partial charge in [0.15, 0.2) is 0 Å². The fourth-order valence-electron chi connectivity index (χ4n) is 3.98. The highest BCUT2D eigenvalue weighted by molar-refractivity contribution is 5.81. The molecule has 0 aromatic carbocycles. The van der Waals surface area contributed by atoms with Crippen LogP contribution in [0.4, 0.5) is 0 Å². The van der Waals surface area contributed by atoms with Gasteiger partial charge in [-0.25, -0.2) is 9.90 Å². The van der Waals surface area contributed by atoms with Gasteiger partial charge in [-0.3, -0.25) is 4.79 Å². The molecule has 1 amide bonds. The molecular weight excluding hydrogens is 374 g/mol. The Balaban J connectivity index is 3.77. The monoisotopic (exact) mass is 424 g/mol. The first-order valence-electron chi connectivity index (χ1n) is 13.1. The fourth-order valence-corrected chi connectivity index (χ4v) is 3.98. The molecule has 0 heterocycles. The van der Waals surface area contributed by atoms with Crippen LogP contribution in [0.25, 0.3) is 0 Å². The summed E-state index contributed by atoms with van der Waals surface area (Å²) in [7, 11) is 0. The van der Waals surface area contributed by atoms with Crippen molar-refractivity contribution in [1.29, 1.82) is 0 Å². The number of nitrogens with zero attached hydrogens (tertiary/aromatic N) is 1. The van der Waals surface area contributed by atoms with Gasteiger partial charge in [-0.15, -0.1) is 0 Å². The first-order chi connectivity index (χ1) is 14.6. The van der Waals surface area contributed by atoms with Crippen LogP contribution in [0, 0.1) is 0 Å². The third kappa shape index (κ3) is 20.2. The van der Waals surface area contributed by atoms with Crippen LogP contribution < -0.4 is 0 Å². The number of rotatable bonds is 23. The Bertz CT molecular complexity index is 398. The quantitative estimate of drug-likeness (QED) is 0.158. The highest BCUT2D eigenvalue weighted by Crippen LogP contribution is 2.13. The lowest BCUT2D eigenvalue weighted by Crippen LogP contribution is -2.36. The molecule has 1 radical (unpaired) electrons. The van der Waals surface area contributed by atoms with Crippen LogP contribution in [0.1, 0.15) is 142 Å². The van der Waals surface area contributed by atoms with E-state index in [1.54, 1.807) is 0 Å². The number of hydrogen-bond acceptors (Lipinski definition) is 2. The second kappa shape index (κ2) is 22.6. The van der Waals surface area contributed by atoms with E-state index in [4.69, 9.17) is 0 Å². The summed E-state index contributed by atoms with van der Waals surface area (Å²) in [5.41, 5.74) is 0. The summed E-state index contributed by atoms with van der Waals surface area (Å²) in [5.74, 6) is -1.17. The third-order valence-electron chi connectivity index (χ3n) is 5.95. The molecule has 0 atom stereocenters. The van der Waals surface area contributed by atoms with Gasteiger partial charge in [0.25, 0.3) is 0 Å². The van der Waals surface area contributed by atoms with Crippen LogP contribution in [0.2, 0.25) is 0 Å². The van der Waals surface area contributed by atoms with Crippen molar-refractivity contribution >= 4 is 11.9 Å². The van der Waals surface area contributed by atoms with E-state index in [1.807, 2.05) is 0 Å². The van der Waals surface area contributed by atoms with E-state index < -0.39 is 5.97 Å². The van der Waals surface area contributed by atoms with E-state index in [1.165, 1.54) is 101 Å². The molecular formula is C26H50NO3. The average Bonchev–Trinajstić information content (AvgIpc) is 2.72. The van der Waals surface area contributed by atoms with Gasteiger partial charge in [0, 0.05) is 13.0 Å². The minimum absolute atomic E-state index is 0.0157. The molecule has 177 valence electrons. The van der Waals surface area contributed by atoms with Crippen molar-refractivity contribution in [1.82, 2.24) is 4.90 Å². The summed E-state index contributed by atoms with van der Waals surface area (Å²) in [4.78, 5) is 24.9. The van der Waals surface area contributed by atoms with Crippen molar-refractivity contribution < 1.29 is 14.7 Å². The lowest BCUT2D eigenvalue weighted by Gasteiger charge is -2.20. The molecule has 0 aliphatic rings. The fraction of sp³-hybridized carbons (Fsp3) is 0.923. The lowest BCUT2D eigenvalue weighted by atomic mass is 10.1. The van der Waals surface area contributed by atoms with E-state index >= 15 is 0 Å². The topological polar surface area (TPSA) is 57.3 Å². The predicted octanol–water partition coefficient (Wildman–Crippen LogP) is 7.61. The van der Waals surface area contributed by atoms with Crippen molar-refractivity contribution in [3.63, 3.8) is 0 Å². The molecule has 4 heteroatoms. The maximum atomic E-state index is 12.4. The van der Waals surface area contributed by atoms with Gasteiger partial charge < -0.3 is 4.90 Å². The zero-order valence-electron chi connectivity index (χ0n) is 20.2. The van der Waals surface area contributed by atoms with Gasteiger partial charge >= 0.3 is 5.97 Å². The second-order valence-electron chi connectivity index (χ2n) is 8.95. The number of carbonyl (C=O) groups excluding carboxylic acids is 2. The van der Waals surface area contributed by atoms with Crippen LogP contribution >= 0.6 is 0 Å². The standard InChI is InChI=1S/C26H50NO3/c1-3-5-7-9-11-13-15-17-19-21-23-27(24-26(29)30)25(28)22-20-18-16-14-12-10-8-6-4-2/h3-24H2,1-2H3. The first-order valence-corrected chi connectivity index (χ1v) is 13.1. The molecule has 0 rings (SSSR count). The van der Waals surface area contributed by atoms with Gasteiger partial charge in [0.2, 0.25) is 5.91 Å². The average molecular weight is 425 g/mol.